The summed E-state index contributed by atoms with van der Waals surface area (Å²) in [5.74, 6) is 0. The summed E-state index contributed by atoms with van der Waals surface area (Å²) in [4.78, 5) is 12.6. The summed E-state index contributed by atoms with van der Waals surface area (Å²) in [5.41, 5.74) is 6.02. The molecule has 0 aliphatic carbocycles. The molecule has 0 bridgehead atoms. The number of nitrogens with one attached hydrogen (secondary N) is 1. The van der Waals surface area contributed by atoms with Gasteiger partial charge in [-0.3, -0.25) is 4.79 Å². The minimum atomic E-state index is -0.229. The van der Waals surface area contributed by atoms with Crippen LogP contribution in [0.5, 0.6) is 0 Å². The number of hydrogen-bond donors (Lipinski definition) is 1. The molecule has 5 rings (SSSR count). The van der Waals surface area contributed by atoms with E-state index in [4.69, 9.17) is 5.10 Å². The average Bonchev–Trinajstić information content (AvgIpc) is 3.06. The van der Waals surface area contributed by atoms with E-state index < -0.39 is 0 Å². The van der Waals surface area contributed by atoms with E-state index in [1.54, 1.807) is 10.6 Å². The Morgan fingerprint density at radius 1 is 1.04 bits per heavy atom. The highest BCUT2D eigenvalue weighted by molar-refractivity contribution is 5.85. The zero-order valence-electron chi connectivity index (χ0n) is 14.6. The second-order valence-corrected chi connectivity index (χ2v) is 6.72. The van der Waals surface area contributed by atoms with Gasteiger partial charge in [-0.2, -0.15) is 5.10 Å². The molecule has 4 aromatic rings. The van der Waals surface area contributed by atoms with Crippen molar-refractivity contribution >= 4 is 16.6 Å². The van der Waals surface area contributed by atoms with Gasteiger partial charge in [0, 0.05) is 35.3 Å². The monoisotopic (exact) mass is 342 g/mol. The van der Waals surface area contributed by atoms with Crippen LogP contribution in [0.15, 0.2) is 65.5 Å². The summed E-state index contributed by atoms with van der Waals surface area (Å²) in [6.45, 7) is 1.99. The highest BCUT2D eigenvalue weighted by atomic mass is 16.1. The number of hydrogen-bond acceptors (Lipinski definition) is 3. The van der Waals surface area contributed by atoms with Gasteiger partial charge in [-0.25, -0.2) is 4.68 Å². The Hall–Kier alpha value is -3.34. The van der Waals surface area contributed by atoms with E-state index in [2.05, 4.69) is 29.6 Å². The molecule has 0 amide bonds. The second kappa shape index (κ2) is 5.33. The number of anilines is 1. The molecule has 0 saturated heterocycles. The first kappa shape index (κ1) is 15.0. The molecule has 2 aromatic heterocycles. The minimum Gasteiger partial charge on any atom is -0.359 e. The molecular weight excluding hydrogens is 324 g/mol. The van der Waals surface area contributed by atoms with Crippen LogP contribution in [0, 0.1) is 6.92 Å². The Kier molecular flexibility index (Phi) is 3.06. The normalized spacial score (nSPS) is 15.4. The summed E-state index contributed by atoms with van der Waals surface area (Å²) in [5, 5.41) is 9.33. The average molecular weight is 342 g/mol. The van der Waals surface area contributed by atoms with E-state index >= 15 is 0 Å². The lowest BCUT2D eigenvalue weighted by molar-refractivity contribution is 0.573. The lowest BCUT2D eigenvalue weighted by atomic mass is 10.0. The molecule has 0 unspecified atom stereocenters. The summed E-state index contributed by atoms with van der Waals surface area (Å²) in [6, 6.07) is 20.0. The van der Waals surface area contributed by atoms with Crippen molar-refractivity contribution in [3.63, 3.8) is 0 Å². The van der Waals surface area contributed by atoms with Gasteiger partial charge in [-0.1, -0.05) is 36.4 Å². The molecule has 1 atom stereocenters. The van der Waals surface area contributed by atoms with Gasteiger partial charge >= 0.3 is 0 Å². The number of aryl methyl sites for hydroxylation is 2. The van der Waals surface area contributed by atoms with E-state index in [1.807, 2.05) is 49.0 Å². The fraction of sp³-hybridized carbons (Fsp3) is 0.143. The summed E-state index contributed by atoms with van der Waals surface area (Å²) < 4.78 is 3.67. The van der Waals surface area contributed by atoms with Gasteiger partial charge in [0.2, 0.25) is 0 Å². The van der Waals surface area contributed by atoms with Crippen molar-refractivity contribution in [2.24, 2.45) is 7.05 Å². The van der Waals surface area contributed by atoms with Gasteiger partial charge in [0.25, 0.3) is 5.56 Å². The van der Waals surface area contributed by atoms with Gasteiger partial charge in [-0.15, -0.1) is 0 Å². The standard InChI is InChI=1S/C21H18N4O/c1-13-11-19-15-8-3-5-9-17(15)22-21(25(19)23-13)16-12-20(26)24(2)18-10-6-4-7-14(16)18/h3-12,21-22H,1-2H3/t21-/m1/s1. The molecule has 26 heavy (non-hydrogen) atoms. The third kappa shape index (κ3) is 2.03. The molecule has 0 spiro atoms. The van der Waals surface area contributed by atoms with Gasteiger partial charge < -0.3 is 9.88 Å². The van der Waals surface area contributed by atoms with Crippen molar-refractivity contribution in [3.05, 3.63) is 82.3 Å². The number of nitrogens with zero attached hydrogens (tertiary/aromatic N) is 3. The molecule has 2 aromatic carbocycles. The molecule has 1 N–H and O–H groups in total. The largest absolute Gasteiger partial charge is 0.359 e. The zero-order chi connectivity index (χ0) is 17.8. The van der Waals surface area contributed by atoms with Crippen LogP contribution in [-0.4, -0.2) is 14.3 Å². The van der Waals surface area contributed by atoms with Crippen LogP contribution < -0.4 is 10.9 Å². The Morgan fingerprint density at radius 2 is 1.81 bits per heavy atom. The smallest absolute Gasteiger partial charge is 0.251 e. The Balaban J connectivity index is 1.82. The Bertz CT molecular complexity index is 1220. The third-order valence-corrected chi connectivity index (χ3v) is 5.08. The van der Waals surface area contributed by atoms with Gasteiger partial charge in [0.15, 0.2) is 0 Å². The molecule has 5 heteroatoms. The predicted molar refractivity (Wildman–Crippen MR) is 103 cm³/mol. The van der Waals surface area contributed by atoms with Crippen molar-refractivity contribution in [3.8, 4) is 11.3 Å². The maximum Gasteiger partial charge on any atom is 0.251 e. The summed E-state index contributed by atoms with van der Waals surface area (Å²) >= 11 is 0. The van der Waals surface area contributed by atoms with Gasteiger partial charge in [-0.05, 0) is 25.1 Å². The molecule has 0 radical (unpaired) electrons. The van der Waals surface area contributed by atoms with E-state index in [-0.39, 0.29) is 11.7 Å². The van der Waals surface area contributed by atoms with Crippen LogP contribution in [0.4, 0.5) is 5.69 Å². The van der Waals surface area contributed by atoms with Crippen LogP contribution in [0.1, 0.15) is 17.4 Å². The predicted octanol–water partition coefficient (Wildman–Crippen LogP) is 3.68. The third-order valence-electron chi connectivity index (χ3n) is 5.08. The summed E-state index contributed by atoms with van der Waals surface area (Å²) in [7, 11) is 1.81. The van der Waals surface area contributed by atoms with E-state index in [1.165, 1.54) is 0 Å². The topological polar surface area (TPSA) is 51.9 Å². The number of benzene rings is 2. The van der Waals surface area contributed by atoms with Crippen molar-refractivity contribution in [1.82, 2.24) is 14.3 Å². The van der Waals surface area contributed by atoms with Crippen molar-refractivity contribution in [2.75, 3.05) is 5.32 Å². The minimum absolute atomic E-state index is 0.0233. The number of fused-ring (bicyclic) bond motifs is 4. The highest BCUT2D eigenvalue weighted by Gasteiger charge is 2.28. The number of rotatable bonds is 1. The van der Waals surface area contributed by atoms with E-state index in [9.17, 15) is 4.79 Å². The van der Waals surface area contributed by atoms with Crippen LogP contribution in [0.2, 0.25) is 0 Å². The van der Waals surface area contributed by atoms with Crippen LogP contribution in [0.25, 0.3) is 22.2 Å². The fourth-order valence-corrected chi connectivity index (χ4v) is 3.83. The Labute approximate surface area is 150 Å². The molecular formula is C21H18N4O. The molecule has 3 heterocycles. The van der Waals surface area contributed by atoms with Crippen molar-refractivity contribution < 1.29 is 0 Å². The summed E-state index contributed by atoms with van der Waals surface area (Å²) in [6.07, 6.45) is -0.229. The lowest BCUT2D eigenvalue weighted by Gasteiger charge is -2.30. The molecule has 128 valence electrons. The van der Waals surface area contributed by atoms with Crippen LogP contribution >= 0.6 is 0 Å². The molecule has 0 saturated carbocycles. The second-order valence-electron chi connectivity index (χ2n) is 6.72. The Morgan fingerprint density at radius 3 is 2.69 bits per heavy atom. The fourth-order valence-electron chi connectivity index (χ4n) is 3.83. The molecule has 0 fully saturated rings. The SMILES string of the molecule is Cc1cc2n(n1)[C@H](c1cc(=O)n(C)c3ccccc13)Nc1ccccc1-2. The highest BCUT2D eigenvalue weighted by Crippen LogP contribution is 2.39. The van der Waals surface area contributed by atoms with Crippen LogP contribution in [-0.2, 0) is 7.05 Å². The maximum absolute atomic E-state index is 12.6. The first-order valence-electron chi connectivity index (χ1n) is 8.64. The number of pyridine rings is 1. The first-order chi connectivity index (χ1) is 12.6. The van der Waals surface area contributed by atoms with E-state index in [0.717, 1.165) is 39.1 Å². The molecule has 5 nitrogen and oxygen atoms in total. The first-order valence-corrected chi connectivity index (χ1v) is 8.64. The lowest BCUT2D eigenvalue weighted by Crippen LogP contribution is -2.28. The quantitative estimate of drug-likeness (QED) is 0.574. The van der Waals surface area contributed by atoms with Gasteiger partial charge in [0.1, 0.15) is 6.17 Å². The number of aromatic nitrogens is 3. The van der Waals surface area contributed by atoms with Crippen molar-refractivity contribution in [2.45, 2.75) is 13.1 Å². The zero-order valence-corrected chi connectivity index (χ0v) is 14.6. The van der Waals surface area contributed by atoms with Crippen molar-refractivity contribution in [1.29, 1.82) is 0 Å². The molecule has 1 aliphatic rings. The van der Waals surface area contributed by atoms with Crippen LogP contribution in [0.3, 0.4) is 0 Å². The maximum atomic E-state index is 12.6. The van der Waals surface area contributed by atoms with Gasteiger partial charge in [0.05, 0.1) is 16.9 Å². The molecule has 1 aliphatic heterocycles. The number of para-hydroxylation sites is 2. The van der Waals surface area contributed by atoms with E-state index in [0.29, 0.717) is 0 Å².